The molecular formula is C12H12N2O3S. The first-order valence-electron chi connectivity index (χ1n) is 5.55. The fourth-order valence-corrected chi connectivity index (χ4v) is 3.58. The van der Waals surface area contributed by atoms with Crippen molar-refractivity contribution in [3.05, 3.63) is 23.8 Å². The first-order valence-corrected chi connectivity index (χ1v) is 7.20. The van der Waals surface area contributed by atoms with Crippen LogP contribution < -0.4 is 5.32 Å². The molecule has 0 radical (unpaired) electrons. The standard InChI is InChI=1S/C12H12N2O3S/c13-6-5-12(15)14-10-3-4-11-9(8-10)2-1-7-18(11,16)17/h3-4,8H,1-2,5,7H2,(H,14,15). The average Bonchev–Trinajstić information content (AvgIpc) is 2.28. The maximum Gasteiger partial charge on any atom is 0.238 e. The van der Waals surface area contributed by atoms with Crippen molar-refractivity contribution >= 4 is 21.4 Å². The third-order valence-electron chi connectivity index (χ3n) is 2.78. The number of nitrogens with one attached hydrogen (secondary N) is 1. The van der Waals surface area contributed by atoms with Crippen LogP contribution in [0.2, 0.25) is 0 Å². The third-order valence-corrected chi connectivity index (χ3v) is 4.67. The van der Waals surface area contributed by atoms with E-state index in [1.807, 2.05) is 0 Å². The lowest BCUT2D eigenvalue weighted by Gasteiger charge is -2.17. The fraction of sp³-hybridized carbons (Fsp3) is 0.333. The summed E-state index contributed by atoms with van der Waals surface area (Å²) in [6, 6.07) is 6.50. The number of amides is 1. The highest BCUT2D eigenvalue weighted by Crippen LogP contribution is 2.27. The number of carbonyl (C=O) groups is 1. The minimum atomic E-state index is -3.16. The molecule has 0 atom stereocenters. The van der Waals surface area contributed by atoms with Crippen molar-refractivity contribution < 1.29 is 13.2 Å². The Bertz CT molecular complexity index is 629. The molecule has 0 aromatic heterocycles. The molecule has 94 valence electrons. The van der Waals surface area contributed by atoms with E-state index in [0.717, 1.165) is 5.56 Å². The number of nitrogens with zero attached hydrogens (tertiary/aromatic N) is 1. The number of rotatable bonds is 2. The predicted molar refractivity (Wildman–Crippen MR) is 65.7 cm³/mol. The van der Waals surface area contributed by atoms with Gasteiger partial charge >= 0.3 is 0 Å². The van der Waals surface area contributed by atoms with Crippen LogP contribution in [0.25, 0.3) is 0 Å². The molecule has 6 heteroatoms. The summed E-state index contributed by atoms with van der Waals surface area (Å²) >= 11 is 0. The van der Waals surface area contributed by atoms with Gasteiger partial charge in [-0.15, -0.1) is 0 Å². The molecule has 0 unspecified atom stereocenters. The summed E-state index contributed by atoms with van der Waals surface area (Å²) in [5.74, 6) is -0.212. The SMILES string of the molecule is N#CCC(=O)Nc1ccc2c(c1)CCCS2(=O)=O. The maximum absolute atomic E-state index is 11.8. The molecule has 0 saturated heterocycles. The van der Waals surface area contributed by atoms with E-state index in [-0.39, 0.29) is 12.2 Å². The van der Waals surface area contributed by atoms with Crippen LogP contribution in [0, 0.1) is 11.3 Å². The smallest absolute Gasteiger partial charge is 0.238 e. The van der Waals surface area contributed by atoms with Gasteiger partial charge in [0, 0.05) is 5.69 Å². The van der Waals surface area contributed by atoms with Crippen molar-refractivity contribution in [3.63, 3.8) is 0 Å². The number of carbonyl (C=O) groups excluding carboxylic acids is 1. The molecule has 0 saturated carbocycles. The molecule has 0 fully saturated rings. The van der Waals surface area contributed by atoms with Crippen LogP contribution in [0.4, 0.5) is 5.69 Å². The van der Waals surface area contributed by atoms with E-state index < -0.39 is 15.7 Å². The van der Waals surface area contributed by atoms with Gasteiger partial charge in [-0.05, 0) is 36.6 Å². The second-order valence-electron chi connectivity index (χ2n) is 4.13. The highest BCUT2D eigenvalue weighted by Gasteiger charge is 2.23. The van der Waals surface area contributed by atoms with E-state index in [9.17, 15) is 13.2 Å². The molecule has 1 amide bonds. The fourth-order valence-electron chi connectivity index (χ4n) is 2.00. The average molecular weight is 264 g/mol. The summed E-state index contributed by atoms with van der Waals surface area (Å²) in [5, 5.41) is 10.9. The van der Waals surface area contributed by atoms with Crippen LogP contribution >= 0.6 is 0 Å². The van der Waals surface area contributed by atoms with Gasteiger partial charge in [-0.3, -0.25) is 4.79 Å². The van der Waals surface area contributed by atoms with Gasteiger partial charge in [0.1, 0.15) is 6.42 Å². The zero-order valence-electron chi connectivity index (χ0n) is 9.64. The molecule has 1 N–H and O–H groups in total. The number of fused-ring (bicyclic) bond motifs is 1. The van der Waals surface area contributed by atoms with Crippen LogP contribution in [0.1, 0.15) is 18.4 Å². The quantitative estimate of drug-likeness (QED) is 0.871. The van der Waals surface area contributed by atoms with E-state index in [4.69, 9.17) is 5.26 Å². The van der Waals surface area contributed by atoms with Crippen LogP contribution in [0.3, 0.4) is 0 Å². The first kappa shape index (κ1) is 12.6. The number of anilines is 1. The summed E-state index contributed by atoms with van der Waals surface area (Å²) in [7, 11) is -3.16. The van der Waals surface area contributed by atoms with Gasteiger partial charge in [0.25, 0.3) is 0 Å². The number of sulfone groups is 1. The van der Waals surface area contributed by atoms with Crippen LogP contribution in [0.5, 0.6) is 0 Å². The maximum atomic E-state index is 11.8. The van der Waals surface area contributed by atoms with Gasteiger partial charge in [-0.1, -0.05) is 0 Å². The molecule has 1 aromatic carbocycles. The lowest BCUT2D eigenvalue weighted by atomic mass is 10.1. The second-order valence-corrected chi connectivity index (χ2v) is 6.21. The number of aryl methyl sites for hydroxylation is 1. The Morgan fingerprint density at radius 2 is 2.22 bits per heavy atom. The molecule has 5 nitrogen and oxygen atoms in total. The van der Waals surface area contributed by atoms with Gasteiger partial charge in [-0.25, -0.2) is 8.42 Å². The van der Waals surface area contributed by atoms with Crippen LogP contribution in [0.15, 0.2) is 23.1 Å². The van der Waals surface area contributed by atoms with Gasteiger partial charge in [0.05, 0.1) is 16.7 Å². The minimum absolute atomic E-state index is 0.181. The van der Waals surface area contributed by atoms with Crippen molar-refractivity contribution in [2.45, 2.75) is 24.2 Å². The lowest BCUT2D eigenvalue weighted by Crippen LogP contribution is -2.17. The van der Waals surface area contributed by atoms with Crippen LogP contribution in [-0.4, -0.2) is 20.1 Å². The molecule has 1 aliphatic heterocycles. The minimum Gasteiger partial charge on any atom is -0.325 e. The highest BCUT2D eigenvalue weighted by atomic mass is 32.2. The molecule has 2 rings (SSSR count). The normalized spacial score (nSPS) is 16.4. The zero-order valence-corrected chi connectivity index (χ0v) is 10.5. The molecule has 1 aliphatic rings. The summed E-state index contributed by atoms with van der Waals surface area (Å²) in [6.45, 7) is 0. The number of hydrogen-bond donors (Lipinski definition) is 1. The molecule has 1 heterocycles. The molecular weight excluding hydrogens is 252 g/mol. The van der Waals surface area contributed by atoms with Crippen molar-refractivity contribution in [1.29, 1.82) is 5.26 Å². The Labute approximate surface area is 105 Å². The van der Waals surface area contributed by atoms with E-state index in [2.05, 4.69) is 5.32 Å². The van der Waals surface area contributed by atoms with E-state index in [1.165, 1.54) is 6.07 Å². The molecule has 1 aromatic rings. The third kappa shape index (κ3) is 2.51. The number of hydrogen-bond acceptors (Lipinski definition) is 4. The summed E-state index contributed by atoms with van der Waals surface area (Å²) in [5.41, 5.74) is 1.27. The Balaban J connectivity index is 2.29. The Morgan fingerprint density at radius 1 is 1.44 bits per heavy atom. The van der Waals surface area contributed by atoms with E-state index in [0.29, 0.717) is 23.4 Å². The van der Waals surface area contributed by atoms with Gasteiger partial charge in [0.15, 0.2) is 9.84 Å². The summed E-state index contributed by atoms with van der Waals surface area (Å²) < 4.78 is 23.6. The largest absolute Gasteiger partial charge is 0.325 e. The molecule has 18 heavy (non-hydrogen) atoms. The highest BCUT2D eigenvalue weighted by molar-refractivity contribution is 7.91. The van der Waals surface area contributed by atoms with Crippen LogP contribution in [-0.2, 0) is 21.1 Å². The van der Waals surface area contributed by atoms with Gasteiger partial charge in [-0.2, -0.15) is 5.26 Å². The molecule has 0 bridgehead atoms. The monoisotopic (exact) mass is 264 g/mol. The topological polar surface area (TPSA) is 87.0 Å². The Morgan fingerprint density at radius 3 is 2.94 bits per heavy atom. The lowest BCUT2D eigenvalue weighted by molar-refractivity contribution is -0.115. The Kier molecular flexibility index (Phi) is 3.34. The predicted octanol–water partition coefficient (Wildman–Crippen LogP) is 1.26. The van der Waals surface area contributed by atoms with Crippen molar-refractivity contribution in [1.82, 2.24) is 0 Å². The van der Waals surface area contributed by atoms with Crippen molar-refractivity contribution in [2.75, 3.05) is 11.1 Å². The molecule has 0 aliphatic carbocycles. The van der Waals surface area contributed by atoms with E-state index in [1.54, 1.807) is 18.2 Å². The number of nitriles is 1. The van der Waals surface area contributed by atoms with Gasteiger partial charge < -0.3 is 5.32 Å². The first-order chi connectivity index (χ1) is 8.53. The Hall–Kier alpha value is -1.87. The molecule has 0 spiro atoms. The summed E-state index contributed by atoms with van der Waals surface area (Å²) in [6.07, 6.45) is 1.08. The van der Waals surface area contributed by atoms with Crippen molar-refractivity contribution in [2.24, 2.45) is 0 Å². The van der Waals surface area contributed by atoms with E-state index >= 15 is 0 Å². The summed E-state index contributed by atoms with van der Waals surface area (Å²) in [4.78, 5) is 11.6. The van der Waals surface area contributed by atoms with Gasteiger partial charge in [0.2, 0.25) is 5.91 Å². The van der Waals surface area contributed by atoms with Crippen molar-refractivity contribution in [3.8, 4) is 6.07 Å². The second kappa shape index (κ2) is 4.78. The zero-order chi connectivity index (χ0) is 13.2. The number of benzene rings is 1.